The number of ether oxygens (including phenoxy) is 2. The number of hydrogen-bond acceptors (Lipinski definition) is 11. The third kappa shape index (κ3) is 15.6. The smallest absolute Gasteiger partial charge is 0.231 e. The second-order valence-corrected chi connectivity index (χ2v) is 15.3. The molecule has 0 bridgehead atoms. The molecule has 1 aliphatic rings. The first kappa shape index (κ1) is 47.8. The third-order valence-electron chi connectivity index (χ3n) is 8.86. The van der Waals surface area contributed by atoms with Gasteiger partial charge in [-0.3, -0.25) is 4.21 Å². The van der Waals surface area contributed by atoms with Gasteiger partial charge in [0, 0.05) is 56.2 Å². The molecule has 2 atom stereocenters. The van der Waals surface area contributed by atoms with Crippen molar-refractivity contribution in [1.82, 2.24) is 0 Å². The van der Waals surface area contributed by atoms with Gasteiger partial charge in [-0.25, -0.2) is 0 Å². The fourth-order valence-corrected chi connectivity index (χ4v) is 6.79. The molecule has 0 aromatic heterocycles. The van der Waals surface area contributed by atoms with Crippen LogP contribution in [0.25, 0.3) is 11.1 Å². The molecule has 8 N–H and O–H groups in total. The Morgan fingerprint density at radius 3 is 1.51 bits per heavy atom. The molecule has 0 aliphatic carbocycles. The Labute approximate surface area is 344 Å². The molecule has 6 rings (SSSR count). The molecule has 0 saturated carbocycles. The van der Waals surface area contributed by atoms with Gasteiger partial charge in [0.1, 0.15) is 46.0 Å². The van der Waals surface area contributed by atoms with E-state index in [1.54, 1.807) is 26.0 Å². The molecule has 5 aromatic rings. The topological polar surface area (TPSA) is 197 Å². The van der Waals surface area contributed by atoms with Gasteiger partial charge in [-0.05, 0) is 92.9 Å². The van der Waals surface area contributed by atoms with E-state index in [9.17, 15) is 24.6 Å². The Bertz CT molecular complexity index is 1890. The van der Waals surface area contributed by atoms with Gasteiger partial charge < -0.3 is 50.3 Å². The van der Waals surface area contributed by atoms with Crippen LogP contribution in [0.3, 0.4) is 0 Å². The minimum absolute atomic E-state index is 0. The van der Waals surface area contributed by atoms with Crippen LogP contribution in [0.15, 0.2) is 91.0 Å². The molecule has 0 amide bonds. The average Bonchev–Trinajstić information content (AvgIpc) is 3.64. The maximum atomic E-state index is 12.3. The molecule has 5 aromatic carbocycles. The Hall–Kier alpha value is -5.40. The number of unbranched alkanes of at least 4 members (excludes halogenated alkanes) is 5. The van der Waals surface area contributed by atoms with Crippen molar-refractivity contribution in [3.8, 4) is 68.6 Å². The molecule has 1 aliphatic heterocycles. The molecule has 0 saturated heterocycles. The zero-order chi connectivity index (χ0) is 41.2. The highest BCUT2D eigenvalue weighted by atomic mass is 32.2. The standard InChI is InChI=1S/C18H28O3S.C14H14O4.2C6H6O2.H2S/c1-3-4-5-6-7-8-11-22(19)15(2)12-16-9-10-17-18(13-16)21-14-20-17;1-7-11(15)5-3-9(13(7)17)10-4-6-12(16)8(2)14(10)18;2*7-5-2-1-3-6(8)4-5;/h9-10,13,15H,3-8,11-12,14H2,1-2H3;3-6,15-18H,1-2H3;2*1-4,7-8H;1H2. The Balaban J connectivity index is 0.000000284. The molecule has 0 radical (unpaired) electrons. The van der Waals surface area contributed by atoms with E-state index in [2.05, 4.69) is 13.8 Å². The second kappa shape index (κ2) is 24.3. The van der Waals surface area contributed by atoms with Crippen molar-refractivity contribution >= 4 is 24.3 Å². The summed E-state index contributed by atoms with van der Waals surface area (Å²) < 4.78 is 23.0. The fraction of sp³-hybridized carbons (Fsp3) is 0.318. The van der Waals surface area contributed by atoms with Crippen LogP contribution in [0, 0.1) is 13.8 Å². The maximum Gasteiger partial charge on any atom is 0.231 e. The van der Waals surface area contributed by atoms with Crippen LogP contribution in [0.1, 0.15) is 69.1 Å². The van der Waals surface area contributed by atoms with Crippen LogP contribution >= 0.6 is 13.5 Å². The highest BCUT2D eigenvalue weighted by Gasteiger charge is 2.17. The first-order valence-electron chi connectivity index (χ1n) is 18.5. The minimum atomic E-state index is -0.743. The number of phenolic OH excluding ortho intramolecular Hbond substituents is 8. The zero-order valence-corrected chi connectivity index (χ0v) is 34.6. The molecular weight excluding hydrogens is 769 g/mol. The highest BCUT2D eigenvalue weighted by Crippen LogP contribution is 2.43. The van der Waals surface area contributed by atoms with E-state index in [4.69, 9.17) is 29.9 Å². The van der Waals surface area contributed by atoms with Gasteiger partial charge in [-0.15, -0.1) is 0 Å². The van der Waals surface area contributed by atoms with Gasteiger partial charge >= 0.3 is 0 Å². The van der Waals surface area contributed by atoms with Gasteiger partial charge in [0.05, 0.1) is 0 Å². The van der Waals surface area contributed by atoms with Crippen molar-refractivity contribution in [2.24, 2.45) is 0 Å². The van der Waals surface area contributed by atoms with Crippen molar-refractivity contribution < 1.29 is 54.5 Å². The van der Waals surface area contributed by atoms with Crippen molar-refractivity contribution in [3.63, 3.8) is 0 Å². The van der Waals surface area contributed by atoms with Crippen LogP contribution in [0.4, 0.5) is 0 Å². The lowest BCUT2D eigenvalue weighted by molar-refractivity contribution is 0.174. The lowest BCUT2D eigenvalue weighted by Gasteiger charge is -2.12. The molecule has 2 unspecified atom stereocenters. The average molecular weight is 825 g/mol. The normalized spacial score (nSPS) is 11.9. The molecule has 310 valence electrons. The van der Waals surface area contributed by atoms with Gasteiger partial charge in [0.2, 0.25) is 6.79 Å². The van der Waals surface area contributed by atoms with Gasteiger partial charge in [0.25, 0.3) is 0 Å². The van der Waals surface area contributed by atoms with Crippen molar-refractivity contribution in [3.05, 3.63) is 108 Å². The minimum Gasteiger partial charge on any atom is -0.508 e. The summed E-state index contributed by atoms with van der Waals surface area (Å²) in [5.41, 5.74) is 2.68. The van der Waals surface area contributed by atoms with Crippen LogP contribution in [-0.4, -0.2) is 62.9 Å². The quantitative estimate of drug-likeness (QED) is 0.0591. The van der Waals surface area contributed by atoms with Crippen LogP contribution in [0.2, 0.25) is 0 Å². The summed E-state index contributed by atoms with van der Waals surface area (Å²) in [5, 5.41) is 73.7. The van der Waals surface area contributed by atoms with E-state index in [0.29, 0.717) is 29.0 Å². The molecule has 0 spiro atoms. The van der Waals surface area contributed by atoms with E-state index >= 15 is 0 Å². The Morgan fingerprint density at radius 2 is 1.05 bits per heavy atom. The summed E-state index contributed by atoms with van der Waals surface area (Å²) in [4.78, 5) is 0. The Kier molecular flexibility index (Phi) is 20.3. The number of hydrogen-bond donors (Lipinski definition) is 8. The molecule has 57 heavy (non-hydrogen) atoms. The predicted octanol–water partition coefficient (Wildman–Crippen LogP) is 9.56. The fourth-order valence-electron chi connectivity index (χ4n) is 5.52. The summed E-state index contributed by atoms with van der Waals surface area (Å²) in [6.07, 6.45) is 8.32. The first-order chi connectivity index (χ1) is 26.7. The van der Waals surface area contributed by atoms with E-state index in [1.165, 1.54) is 98.3 Å². The molecule has 1 heterocycles. The summed E-state index contributed by atoms with van der Waals surface area (Å²) in [6.45, 7) is 7.78. The van der Waals surface area contributed by atoms with Crippen LogP contribution in [-0.2, 0) is 17.2 Å². The number of phenols is 8. The van der Waals surface area contributed by atoms with Crippen molar-refractivity contribution in [1.29, 1.82) is 0 Å². The largest absolute Gasteiger partial charge is 0.508 e. The summed E-state index contributed by atoms with van der Waals surface area (Å²) in [6, 6.07) is 23.6. The van der Waals surface area contributed by atoms with Crippen LogP contribution < -0.4 is 9.47 Å². The van der Waals surface area contributed by atoms with Gasteiger partial charge in [0.15, 0.2) is 11.5 Å². The first-order valence-corrected chi connectivity index (χ1v) is 19.8. The molecular formula is C44H56O11S2. The molecule has 11 nitrogen and oxygen atoms in total. The third-order valence-corrected chi connectivity index (χ3v) is 10.6. The molecule has 13 heteroatoms. The van der Waals surface area contributed by atoms with E-state index in [-0.39, 0.29) is 64.7 Å². The monoisotopic (exact) mass is 824 g/mol. The SMILES string of the molecule is CCCCCCCCS(=O)C(C)Cc1ccc2c(c1)OCO2.Cc1c(O)ccc(-c2ccc(O)c(C)c2O)c1O.Oc1cccc(O)c1.Oc1cccc(O)c1.S. The van der Waals surface area contributed by atoms with Gasteiger partial charge in [-0.1, -0.05) is 64.2 Å². The number of rotatable bonds is 11. The van der Waals surface area contributed by atoms with Crippen LogP contribution in [0.5, 0.6) is 57.5 Å². The predicted molar refractivity (Wildman–Crippen MR) is 230 cm³/mol. The van der Waals surface area contributed by atoms with Gasteiger partial charge in [-0.2, -0.15) is 13.5 Å². The molecule has 0 fully saturated rings. The van der Waals surface area contributed by atoms with E-state index in [1.807, 2.05) is 18.2 Å². The number of aromatic hydroxyl groups is 8. The lowest BCUT2D eigenvalue weighted by atomic mass is 9.98. The summed E-state index contributed by atoms with van der Waals surface area (Å²) >= 11 is 0. The lowest BCUT2D eigenvalue weighted by Crippen LogP contribution is -2.16. The maximum absolute atomic E-state index is 12.3. The van der Waals surface area contributed by atoms with E-state index in [0.717, 1.165) is 30.1 Å². The highest BCUT2D eigenvalue weighted by molar-refractivity contribution is 7.85. The Morgan fingerprint density at radius 1 is 0.596 bits per heavy atom. The number of fused-ring (bicyclic) bond motifs is 1. The van der Waals surface area contributed by atoms with Crippen molar-refractivity contribution in [2.45, 2.75) is 77.9 Å². The second-order valence-electron chi connectivity index (χ2n) is 13.3. The van der Waals surface area contributed by atoms with Crippen molar-refractivity contribution in [2.75, 3.05) is 12.5 Å². The zero-order valence-electron chi connectivity index (χ0n) is 32.8. The summed E-state index contributed by atoms with van der Waals surface area (Å²) in [7, 11) is -0.743. The summed E-state index contributed by atoms with van der Waals surface area (Å²) in [5.74, 6) is 2.61. The number of benzene rings is 5. The van der Waals surface area contributed by atoms with E-state index < -0.39 is 10.8 Å².